The number of amides is 1. The highest BCUT2D eigenvalue weighted by Gasteiger charge is 2.49. The minimum Gasteiger partial charge on any atom is -0.351 e. The van der Waals surface area contributed by atoms with Crippen LogP contribution < -0.4 is 10.0 Å². The number of aryl methyl sites for hydroxylation is 1. The largest absolute Gasteiger partial charge is 0.351 e. The Balaban J connectivity index is 1.47. The third kappa shape index (κ3) is 3.59. The molecule has 0 aromatic heterocycles. The Morgan fingerprint density at radius 2 is 1.64 bits per heavy atom. The Labute approximate surface area is 166 Å². The van der Waals surface area contributed by atoms with Crippen molar-refractivity contribution >= 4 is 15.9 Å². The molecule has 4 bridgehead atoms. The average Bonchev–Trinajstić information content (AvgIpc) is 2.58. The molecule has 0 heterocycles. The Hall–Kier alpha value is -1.47. The fourth-order valence-electron chi connectivity index (χ4n) is 5.67. The zero-order chi connectivity index (χ0) is 20.3. The fraction of sp³-hybridized carbons (Fsp3) is 0.667. The molecule has 154 valence electrons. The molecule has 5 rings (SSSR count). The number of nitrogens with one attached hydrogen (secondary N) is 2. The third-order valence-electron chi connectivity index (χ3n) is 6.94. The quantitative estimate of drug-likeness (QED) is 0.786. The molecule has 5 nitrogen and oxygen atoms in total. The van der Waals surface area contributed by atoms with Gasteiger partial charge >= 0.3 is 0 Å². The first kappa shape index (κ1) is 19.8. The Bertz CT molecular complexity index is 869. The van der Waals surface area contributed by atoms with Crippen LogP contribution in [0, 0.1) is 36.4 Å². The molecule has 0 saturated heterocycles. The molecule has 0 unspecified atom stereocenters. The van der Waals surface area contributed by atoms with E-state index in [2.05, 4.69) is 10.0 Å². The van der Waals surface area contributed by atoms with Crippen LogP contribution in [0.5, 0.6) is 0 Å². The van der Waals surface area contributed by atoms with Gasteiger partial charge in [0.2, 0.25) is 15.9 Å². The monoisotopic (exact) mass is 408 g/mol. The third-order valence-corrected chi connectivity index (χ3v) is 8.59. The zero-order valence-corrected chi connectivity index (χ0v) is 17.5. The molecule has 0 radical (unpaired) electrons. The summed E-state index contributed by atoms with van der Waals surface area (Å²) in [5, 5.41) is 3.16. The van der Waals surface area contributed by atoms with E-state index in [-0.39, 0.29) is 16.8 Å². The van der Waals surface area contributed by atoms with Gasteiger partial charge in [-0.2, -0.15) is 4.72 Å². The van der Waals surface area contributed by atoms with E-state index in [1.54, 1.807) is 20.8 Å². The number of benzene rings is 1. The van der Waals surface area contributed by atoms with Crippen LogP contribution in [0.25, 0.3) is 0 Å². The maximum atomic E-state index is 13.8. The van der Waals surface area contributed by atoms with Crippen molar-refractivity contribution in [1.29, 1.82) is 0 Å². The molecule has 4 saturated carbocycles. The molecule has 4 aliphatic rings. The number of hydrogen-bond donors (Lipinski definition) is 2. The van der Waals surface area contributed by atoms with Crippen molar-refractivity contribution in [3.8, 4) is 0 Å². The lowest BCUT2D eigenvalue weighted by atomic mass is 9.54. The van der Waals surface area contributed by atoms with E-state index in [1.807, 2.05) is 0 Å². The molecule has 1 aromatic rings. The van der Waals surface area contributed by atoms with Gasteiger partial charge < -0.3 is 5.32 Å². The molecule has 7 heteroatoms. The van der Waals surface area contributed by atoms with Crippen molar-refractivity contribution in [3.63, 3.8) is 0 Å². The summed E-state index contributed by atoms with van der Waals surface area (Å²) in [6, 6.07) is 3.91. The highest BCUT2D eigenvalue weighted by Crippen LogP contribution is 2.53. The van der Waals surface area contributed by atoms with Gasteiger partial charge in [0.05, 0.1) is 4.90 Å². The highest BCUT2D eigenvalue weighted by atomic mass is 32.2. The van der Waals surface area contributed by atoms with Gasteiger partial charge in [-0.05, 0) is 94.2 Å². The maximum Gasteiger partial charge on any atom is 0.241 e. The molecule has 0 atom stereocenters. The van der Waals surface area contributed by atoms with Gasteiger partial charge in [0.1, 0.15) is 11.4 Å². The first-order valence-electron chi connectivity index (χ1n) is 10.2. The molecule has 2 N–H and O–H groups in total. The Kier molecular flexibility index (Phi) is 4.82. The lowest BCUT2D eigenvalue weighted by Crippen LogP contribution is -2.62. The van der Waals surface area contributed by atoms with E-state index < -0.39 is 21.4 Å². The number of sulfonamides is 1. The average molecular weight is 409 g/mol. The minimum absolute atomic E-state index is 0.140. The van der Waals surface area contributed by atoms with Gasteiger partial charge in [0.15, 0.2) is 0 Å². The second kappa shape index (κ2) is 6.80. The van der Waals surface area contributed by atoms with E-state index in [0.29, 0.717) is 17.4 Å². The minimum atomic E-state index is -4.01. The lowest BCUT2D eigenvalue weighted by Gasteiger charge is -2.54. The van der Waals surface area contributed by atoms with Gasteiger partial charge in [-0.3, -0.25) is 4.79 Å². The molecular weight excluding hydrogens is 379 g/mol. The summed E-state index contributed by atoms with van der Waals surface area (Å²) in [4.78, 5) is 12.8. The second-order valence-electron chi connectivity index (χ2n) is 9.57. The highest BCUT2D eigenvalue weighted by molar-refractivity contribution is 7.89. The predicted molar refractivity (Wildman–Crippen MR) is 105 cm³/mol. The number of carbonyl (C=O) groups is 1. The van der Waals surface area contributed by atoms with Crippen LogP contribution in [-0.2, 0) is 14.8 Å². The molecule has 1 aromatic carbocycles. The zero-order valence-electron chi connectivity index (χ0n) is 16.7. The molecular formula is C21H29FN2O3S. The molecule has 0 spiro atoms. The number of halogens is 1. The summed E-state index contributed by atoms with van der Waals surface area (Å²) in [6.45, 7) is 4.68. The van der Waals surface area contributed by atoms with Crippen LogP contribution in [0.1, 0.15) is 51.5 Å². The Morgan fingerprint density at radius 3 is 2.18 bits per heavy atom. The standard InChI is InChI=1S/C21H29FN2O3S/c1-12-4-5-17(11-18(12)22)28(26,27)24-21(2,3)20(25)23-19-15-7-13-6-14(9-15)10-16(19)8-13/h4-5,11,13-16,19,24H,6-10H2,1-3H3,(H,23,25)/t13-,14-,15?,16?,19?. The number of rotatable bonds is 5. The van der Waals surface area contributed by atoms with Crippen molar-refractivity contribution in [2.75, 3.05) is 0 Å². The topological polar surface area (TPSA) is 75.3 Å². The normalized spacial score (nSPS) is 31.8. The van der Waals surface area contributed by atoms with Gasteiger partial charge in [0.25, 0.3) is 0 Å². The van der Waals surface area contributed by atoms with Crippen molar-refractivity contribution in [2.45, 2.75) is 69.4 Å². The van der Waals surface area contributed by atoms with Crippen molar-refractivity contribution in [2.24, 2.45) is 23.7 Å². The summed E-state index contributed by atoms with van der Waals surface area (Å²) >= 11 is 0. The predicted octanol–water partition coefficient (Wildman–Crippen LogP) is 3.13. The first-order chi connectivity index (χ1) is 13.0. The fourth-order valence-corrected chi connectivity index (χ4v) is 7.06. The summed E-state index contributed by atoms with van der Waals surface area (Å²) in [7, 11) is -4.01. The molecule has 0 aliphatic heterocycles. The van der Waals surface area contributed by atoms with Crippen molar-refractivity contribution in [1.82, 2.24) is 10.0 Å². The van der Waals surface area contributed by atoms with Crippen LogP contribution in [0.2, 0.25) is 0 Å². The molecule has 4 aliphatic carbocycles. The summed E-state index contributed by atoms with van der Waals surface area (Å²) < 4.78 is 41.7. The molecule has 4 fully saturated rings. The summed E-state index contributed by atoms with van der Waals surface area (Å²) in [6.07, 6.45) is 6.03. The SMILES string of the molecule is Cc1ccc(S(=O)(=O)NC(C)(C)C(=O)NC2C3C[C@H]4CC2C[C@H](C3)C4)cc1F. The number of hydrogen-bond acceptors (Lipinski definition) is 3. The van der Waals surface area contributed by atoms with E-state index in [9.17, 15) is 17.6 Å². The summed E-state index contributed by atoms with van der Waals surface area (Å²) in [5.41, 5.74) is -0.952. The van der Waals surface area contributed by atoms with E-state index in [1.165, 1.54) is 44.2 Å². The van der Waals surface area contributed by atoms with Crippen LogP contribution in [0.15, 0.2) is 23.1 Å². The van der Waals surface area contributed by atoms with Gasteiger partial charge in [-0.25, -0.2) is 12.8 Å². The smallest absolute Gasteiger partial charge is 0.241 e. The van der Waals surface area contributed by atoms with E-state index in [4.69, 9.17) is 0 Å². The summed E-state index contributed by atoms with van der Waals surface area (Å²) in [5.74, 6) is 1.73. The van der Waals surface area contributed by atoms with E-state index >= 15 is 0 Å². The lowest BCUT2D eigenvalue weighted by molar-refractivity contribution is -0.129. The second-order valence-corrected chi connectivity index (χ2v) is 11.3. The van der Waals surface area contributed by atoms with Gasteiger partial charge in [0, 0.05) is 6.04 Å². The molecule has 1 amide bonds. The van der Waals surface area contributed by atoms with Crippen molar-refractivity contribution in [3.05, 3.63) is 29.6 Å². The maximum absolute atomic E-state index is 13.8. The van der Waals surface area contributed by atoms with Gasteiger partial charge in [-0.15, -0.1) is 0 Å². The van der Waals surface area contributed by atoms with Crippen LogP contribution in [-0.4, -0.2) is 25.9 Å². The number of carbonyl (C=O) groups excluding carboxylic acids is 1. The van der Waals surface area contributed by atoms with Crippen LogP contribution in [0.4, 0.5) is 4.39 Å². The van der Waals surface area contributed by atoms with E-state index in [0.717, 1.165) is 17.9 Å². The first-order valence-corrected chi connectivity index (χ1v) is 11.6. The Morgan fingerprint density at radius 1 is 1.07 bits per heavy atom. The van der Waals surface area contributed by atoms with Crippen LogP contribution in [0.3, 0.4) is 0 Å². The van der Waals surface area contributed by atoms with Crippen molar-refractivity contribution < 1.29 is 17.6 Å². The molecule has 28 heavy (non-hydrogen) atoms. The van der Waals surface area contributed by atoms with Crippen LogP contribution >= 0.6 is 0 Å². The van der Waals surface area contributed by atoms with Gasteiger partial charge in [-0.1, -0.05) is 6.07 Å².